The number of para-hydroxylation sites is 1. The number of nitrogens with two attached hydrogens (primary N) is 1. The zero-order valence-electron chi connectivity index (χ0n) is 8.79. The minimum Gasteiger partial charge on any atom is -0.358 e. The number of nitrogens with one attached hydrogen (secondary N) is 1. The van der Waals surface area contributed by atoms with Crippen LogP contribution in [0.15, 0.2) is 24.3 Å². The van der Waals surface area contributed by atoms with Gasteiger partial charge in [-0.2, -0.15) is 0 Å². The van der Waals surface area contributed by atoms with Gasteiger partial charge in [-0.1, -0.05) is 18.2 Å². The summed E-state index contributed by atoms with van der Waals surface area (Å²) in [5.74, 6) is 0.678. The Kier molecular flexibility index (Phi) is 2.03. The molecule has 0 aliphatic heterocycles. The summed E-state index contributed by atoms with van der Waals surface area (Å²) in [5.41, 5.74) is 9.98. The molecule has 0 unspecified atom stereocenters. The highest BCUT2D eigenvalue weighted by molar-refractivity contribution is 5.84. The summed E-state index contributed by atoms with van der Waals surface area (Å²) < 4.78 is 0. The quantitative estimate of drug-likeness (QED) is 0.728. The Hall–Kier alpha value is -1.28. The monoisotopic (exact) mass is 200 g/mol. The third-order valence-electron chi connectivity index (χ3n) is 3.53. The fourth-order valence-electron chi connectivity index (χ4n) is 2.64. The van der Waals surface area contributed by atoms with Crippen molar-refractivity contribution in [1.82, 2.24) is 4.98 Å². The van der Waals surface area contributed by atoms with E-state index in [0.29, 0.717) is 5.92 Å². The lowest BCUT2D eigenvalue weighted by molar-refractivity contribution is 0.468. The van der Waals surface area contributed by atoms with Crippen LogP contribution in [0.3, 0.4) is 0 Å². The number of aromatic nitrogens is 1. The molecule has 1 aliphatic carbocycles. The van der Waals surface area contributed by atoms with Crippen LogP contribution in [0.4, 0.5) is 0 Å². The molecule has 3 N–H and O–H groups in total. The minimum absolute atomic E-state index is 0.678. The fraction of sp³-hybridized carbons (Fsp3) is 0.385. The van der Waals surface area contributed by atoms with Crippen LogP contribution in [0.5, 0.6) is 0 Å². The highest BCUT2D eigenvalue weighted by Crippen LogP contribution is 2.31. The molecule has 1 aromatic carbocycles. The Balaban J connectivity index is 2.14. The molecule has 2 nitrogen and oxygen atoms in total. The first-order chi connectivity index (χ1) is 7.38. The van der Waals surface area contributed by atoms with E-state index in [4.69, 9.17) is 5.73 Å². The van der Waals surface area contributed by atoms with E-state index in [1.54, 1.807) is 0 Å². The van der Waals surface area contributed by atoms with Crippen LogP contribution >= 0.6 is 0 Å². The molecule has 1 aliphatic rings. The van der Waals surface area contributed by atoms with Gasteiger partial charge in [0.05, 0.1) is 0 Å². The number of aromatic amines is 1. The van der Waals surface area contributed by atoms with Gasteiger partial charge in [0, 0.05) is 16.6 Å². The second kappa shape index (κ2) is 3.38. The standard InChI is InChI=1S/C13H16N2/c14-8-9-5-6-13-11(7-9)10-3-1-2-4-12(10)15-13/h1-4,9,15H,5-8,14H2/t9-/m1/s1. The first kappa shape index (κ1) is 8.98. The van der Waals surface area contributed by atoms with E-state index in [9.17, 15) is 0 Å². The molecular formula is C13H16N2. The van der Waals surface area contributed by atoms with Gasteiger partial charge in [0.2, 0.25) is 0 Å². The first-order valence-electron chi connectivity index (χ1n) is 5.67. The molecule has 2 aromatic rings. The zero-order valence-corrected chi connectivity index (χ0v) is 8.79. The number of aryl methyl sites for hydroxylation is 1. The molecule has 15 heavy (non-hydrogen) atoms. The van der Waals surface area contributed by atoms with Crippen molar-refractivity contribution in [1.29, 1.82) is 0 Å². The van der Waals surface area contributed by atoms with Gasteiger partial charge in [-0.3, -0.25) is 0 Å². The SMILES string of the molecule is NC[C@@H]1CCc2[nH]c3ccccc3c2C1. The molecule has 0 radical (unpaired) electrons. The van der Waals surface area contributed by atoms with E-state index < -0.39 is 0 Å². The van der Waals surface area contributed by atoms with Gasteiger partial charge in [-0.05, 0) is 43.4 Å². The Labute approximate surface area is 89.5 Å². The number of hydrogen-bond donors (Lipinski definition) is 2. The second-order valence-electron chi connectivity index (χ2n) is 4.47. The Morgan fingerprint density at radius 2 is 2.20 bits per heavy atom. The summed E-state index contributed by atoms with van der Waals surface area (Å²) in [5, 5.41) is 1.39. The smallest absolute Gasteiger partial charge is 0.0458 e. The van der Waals surface area contributed by atoms with Crippen molar-refractivity contribution in [2.75, 3.05) is 6.54 Å². The lowest BCUT2D eigenvalue weighted by atomic mass is 9.86. The van der Waals surface area contributed by atoms with Crippen LogP contribution in [0.25, 0.3) is 10.9 Å². The van der Waals surface area contributed by atoms with E-state index in [1.807, 2.05) is 0 Å². The molecular weight excluding hydrogens is 184 g/mol. The summed E-state index contributed by atoms with van der Waals surface area (Å²) >= 11 is 0. The number of H-pyrrole nitrogens is 1. The van der Waals surface area contributed by atoms with E-state index in [2.05, 4.69) is 29.2 Å². The summed E-state index contributed by atoms with van der Waals surface area (Å²) in [6.07, 6.45) is 3.54. The summed E-state index contributed by atoms with van der Waals surface area (Å²) in [6.45, 7) is 0.818. The van der Waals surface area contributed by atoms with Crippen molar-refractivity contribution in [3.63, 3.8) is 0 Å². The number of benzene rings is 1. The van der Waals surface area contributed by atoms with Crippen molar-refractivity contribution in [3.05, 3.63) is 35.5 Å². The molecule has 0 saturated carbocycles. The van der Waals surface area contributed by atoms with Crippen LogP contribution < -0.4 is 5.73 Å². The van der Waals surface area contributed by atoms with E-state index in [0.717, 1.165) is 19.4 Å². The van der Waals surface area contributed by atoms with Crippen LogP contribution in [-0.4, -0.2) is 11.5 Å². The largest absolute Gasteiger partial charge is 0.358 e. The average molecular weight is 200 g/mol. The minimum atomic E-state index is 0.678. The molecule has 1 aromatic heterocycles. The molecule has 0 fully saturated rings. The molecule has 0 amide bonds. The van der Waals surface area contributed by atoms with Gasteiger partial charge in [0.1, 0.15) is 0 Å². The van der Waals surface area contributed by atoms with Gasteiger partial charge in [-0.25, -0.2) is 0 Å². The van der Waals surface area contributed by atoms with Crippen LogP contribution in [0.2, 0.25) is 0 Å². The summed E-state index contributed by atoms with van der Waals surface area (Å²) in [4.78, 5) is 3.52. The van der Waals surface area contributed by atoms with Crippen molar-refractivity contribution >= 4 is 10.9 Å². The predicted octanol–water partition coefficient (Wildman–Crippen LogP) is 2.23. The third kappa shape index (κ3) is 1.37. The second-order valence-corrected chi connectivity index (χ2v) is 4.47. The highest BCUT2D eigenvalue weighted by atomic mass is 14.7. The normalized spacial score (nSPS) is 20.5. The van der Waals surface area contributed by atoms with E-state index in [1.165, 1.54) is 28.6 Å². The molecule has 1 atom stereocenters. The molecule has 3 rings (SSSR count). The molecule has 78 valence electrons. The lowest BCUT2D eigenvalue weighted by Crippen LogP contribution is -2.21. The Morgan fingerprint density at radius 3 is 3.07 bits per heavy atom. The van der Waals surface area contributed by atoms with Gasteiger partial charge in [-0.15, -0.1) is 0 Å². The molecule has 0 saturated heterocycles. The number of fused-ring (bicyclic) bond motifs is 3. The van der Waals surface area contributed by atoms with Crippen molar-refractivity contribution < 1.29 is 0 Å². The van der Waals surface area contributed by atoms with Crippen molar-refractivity contribution in [2.24, 2.45) is 11.7 Å². The van der Waals surface area contributed by atoms with Crippen molar-refractivity contribution in [3.8, 4) is 0 Å². The van der Waals surface area contributed by atoms with Crippen LogP contribution in [0.1, 0.15) is 17.7 Å². The molecule has 0 bridgehead atoms. The highest BCUT2D eigenvalue weighted by Gasteiger charge is 2.20. The number of rotatable bonds is 1. The fourth-order valence-corrected chi connectivity index (χ4v) is 2.64. The van der Waals surface area contributed by atoms with Crippen LogP contribution in [0, 0.1) is 5.92 Å². The topological polar surface area (TPSA) is 41.8 Å². The van der Waals surface area contributed by atoms with Gasteiger partial charge in [0.25, 0.3) is 0 Å². The Morgan fingerprint density at radius 1 is 1.33 bits per heavy atom. The maximum absolute atomic E-state index is 5.76. The molecule has 0 spiro atoms. The van der Waals surface area contributed by atoms with Gasteiger partial charge >= 0.3 is 0 Å². The van der Waals surface area contributed by atoms with Crippen molar-refractivity contribution in [2.45, 2.75) is 19.3 Å². The van der Waals surface area contributed by atoms with Gasteiger partial charge < -0.3 is 10.7 Å². The average Bonchev–Trinajstić information content (AvgIpc) is 2.66. The zero-order chi connectivity index (χ0) is 10.3. The predicted molar refractivity (Wildman–Crippen MR) is 62.9 cm³/mol. The first-order valence-corrected chi connectivity index (χ1v) is 5.67. The van der Waals surface area contributed by atoms with E-state index >= 15 is 0 Å². The summed E-state index contributed by atoms with van der Waals surface area (Å²) in [6, 6.07) is 8.57. The van der Waals surface area contributed by atoms with Crippen LogP contribution in [-0.2, 0) is 12.8 Å². The van der Waals surface area contributed by atoms with E-state index in [-0.39, 0.29) is 0 Å². The summed E-state index contributed by atoms with van der Waals surface area (Å²) in [7, 11) is 0. The maximum atomic E-state index is 5.76. The Bertz CT molecular complexity index is 484. The maximum Gasteiger partial charge on any atom is 0.0458 e. The molecule has 2 heteroatoms. The van der Waals surface area contributed by atoms with Gasteiger partial charge in [0.15, 0.2) is 0 Å². The molecule has 1 heterocycles. The third-order valence-corrected chi connectivity index (χ3v) is 3.53. The number of hydrogen-bond acceptors (Lipinski definition) is 1. The lowest BCUT2D eigenvalue weighted by Gasteiger charge is -2.20.